The Kier molecular flexibility index (Phi) is 6.04. The van der Waals surface area contributed by atoms with Gasteiger partial charge in [0.15, 0.2) is 5.82 Å². The first-order valence-electron chi connectivity index (χ1n) is 9.38. The van der Waals surface area contributed by atoms with Gasteiger partial charge in [0.1, 0.15) is 6.04 Å². The highest BCUT2D eigenvalue weighted by molar-refractivity contribution is 5.83. The Bertz CT molecular complexity index is 735. The molecule has 1 aliphatic carbocycles. The summed E-state index contributed by atoms with van der Waals surface area (Å²) in [6.45, 7) is 2.28. The SMILES string of the molecule is Cc1ccccc1[C@@H](C(=O)NCc1nc(C2CCCCC2)no1)N(C)C. The molecule has 1 saturated carbocycles. The zero-order valence-electron chi connectivity index (χ0n) is 15.9. The molecular weight excluding hydrogens is 328 g/mol. The van der Waals surface area contributed by atoms with Crippen molar-refractivity contribution >= 4 is 5.91 Å². The van der Waals surface area contributed by atoms with Gasteiger partial charge >= 0.3 is 0 Å². The molecule has 1 aliphatic rings. The molecule has 1 N–H and O–H groups in total. The molecule has 6 heteroatoms. The molecule has 6 nitrogen and oxygen atoms in total. The molecule has 0 spiro atoms. The summed E-state index contributed by atoms with van der Waals surface area (Å²) in [7, 11) is 3.81. The van der Waals surface area contributed by atoms with Gasteiger partial charge in [-0.05, 0) is 45.0 Å². The van der Waals surface area contributed by atoms with E-state index in [1.165, 1.54) is 19.3 Å². The summed E-state index contributed by atoms with van der Waals surface area (Å²) < 4.78 is 5.35. The Morgan fingerprint density at radius 2 is 2.00 bits per heavy atom. The summed E-state index contributed by atoms with van der Waals surface area (Å²) >= 11 is 0. The fraction of sp³-hybridized carbons (Fsp3) is 0.550. The molecule has 1 atom stereocenters. The molecule has 140 valence electrons. The van der Waals surface area contributed by atoms with Crippen LogP contribution in [0.2, 0.25) is 0 Å². The first-order valence-corrected chi connectivity index (χ1v) is 9.38. The number of nitrogens with one attached hydrogen (secondary N) is 1. The van der Waals surface area contributed by atoms with E-state index in [0.717, 1.165) is 29.8 Å². The van der Waals surface area contributed by atoms with Gasteiger partial charge in [-0.2, -0.15) is 4.98 Å². The molecule has 1 amide bonds. The van der Waals surface area contributed by atoms with Crippen molar-refractivity contribution in [1.82, 2.24) is 20.4 Å². The van der Waals surface area contributed by atoms with Crippen LogP contribution in [0.4, 0.5) is 0 Å². The van der Waals surface area contributed by atoms with Gasteiger partial charge in [-0.1, -0.05) is 48.7 Å². The molecule has 26 heavy (non-hydrogen) atoms. The van der Waals surface area contributed by atoms with Crippen LogP contribution >= 0.6 is 0 Å². The molecule has 0 radical (unpaired) electrons. The number of aromatic nitrogens is 2. The minimum absolute atomic E-state index is 0.0679. The maximum atomic E-state index is 12.8. The van der Waals surface area contributed by atoms with Crippen LogP contribution in [0.3, 0.4) is 0 Å². The number of carbonyl (C=O) groups excluding carboxylic acids is 1. The van der Waals surface area contributed by atoms with Crippen molar-refractivity contribution in [3.8, 4) is 0 Å². The highest BCUT2D eigenvalue weighted by Crippen LogP contribution is 2.30. The predicted molar refractivity (Wildman–Crippen MR) is 99.6 cm³/mol. The second-order valence-electron chi connectivity index (χ2n) is 7.32. The number of carbonyl (C=O) groups is 1. The van der Waals surface area contributed by atoms with Crippen LogP contribution in [-0.2, 0) is 11.3 Å². The molecule has 0 saturated heterocycles. The number of benzene rings is 1. The standard InChI is InChI=1S/C20H28N4O2/c1-14-9-7-8-12-16(14)18(24(2)3)20(25)21-13-17-22-19(23-26-17)15-10-5-4-6-11-15/h7-9,12,15,18H,4-6,10-11,13H2,1-3H3,(H,21,25)/t18-/m0/s1. The Morgan fingerprint density at radius 3 is 2.69 bits per heavy atom. The van der Waals surface area contributed by atoms with Gasteiger partial charge in [-0.15, -0.1) is 0 Å². The Morgan fingerprint density at radius 1 is 1.27 bits per heavy atom. The number of likely N-dealkylation sites (N-methyl/N-ethyl adjacent to an activating group) is 1. The normalized spacial score (nSPS) is 16.6. The topological polar surface area (TPSA) is 71.3 Å². The third-order valence-corrected chi connectivity index (χ3v) is 5.12. The Hall–Kier alpha value is -2.21. The number of rotatable bonds is 6. The lowest BCUT2D eigenvalue weighted by molar-refractivity contribution is -0.126. The van der Waals surface area contributed by atoms with E-state index in [9.17, 15) is 4.79 Å². The van der Waals surface area contributed by atoms with Crippen molar-refractivity contribution < 1.29 is 9.32 Å². The fourth-order valence-electron chi connectivity index (χ4n) is 3.67. The Labute approximate surface area is 155 Å². The summed E-state index contributed by atoms with van der Waals surface area (Å²) in [4.78, 5) is 19.2. The lowest BCUT2D eigenvalue weighted by Gasteiger charge is -2.25. The fourth-order valence-corrected chi connectivity index (χ4v) is 3.67. The molecule has 2 aromatic rings. The highest BCUT2D eigenvalue weighted by atomic mass is 16.5. The van der Waals surface area contributed by atoms with E-state index < -0.39 is 0 Å². The third-order valence-electron chi connectivity index (χ3n) is 5.12. The van der Waals surface area contributed by atoms with Crippen molar-refractivity contribution in [1.29, 1.82) is 0 Å². The first-order chi connectivity index (χ1) is 12.6. The summed E-state index contributed by atoms with van der Waals surface area (Å²) in [5.74, 6) is 1.60. The lowest BCUT2D eigenvalue weighted by atomic mass is 9.89. The third kappa shape index (κ3) is 4.30. The van der Waals surface area contributed by atoms with Crippen LogP contribution in [0.15, 0.2) is 28.8 Å². The van der Waals surface area contributed by atoms with Crippen molar-refractivity contribution in [2.24, 2.45) is 0 Å². The summed E-state index contributed by atoms with van der Waals surface area (Å²) in [5, 5.41) is 7.07. The minimum Gasteiger partial charge on any atom is -0.345 e. The molecule has 0 bridgehead atoms. The largest absolute Gasteiger partial charge is 0.345 e. The smallest absolute Gasteiger partial charge is 0.246 e. The second kappa shape index (κ2) is 8.45. The lowest BCUT2D eigenvalue weighted by Crippen LogP contribution is -2.37. The van der Waals surface area contributed by atoms with Crippen LogP contribution in [-0.4, -0.2) is 35.0 Å². The van der Waals surface area contributed by atoms with Crippen LogP contribution in [0.1, 0.15) is 66.9 Å². The van der Waals surface area contributed by atoms with Gasteiger partial charge in [0.25, 0.3) is 0 Å². The van der Waals surface area contributed by atoms with E-state index in [4.69, 9.17) is 4.52 Å². The van der Waals surface area contributed by atoms with E-state index in [1.807, 2.05) is 50.2 Å². The van der Waals surface area contributed by atoms with Gasteiger partial charge < -0.3 is 9.84 Å². The Balaban J connectivity index is 1.63. The first kappa shape index (κ1) is 18.6. The van der Waals surface area contributed by atoms with Gasteiger partial charge in [0, 0.05) is 5.92 Å². The van der Waals surface area contributed by atoms with Gasteiger partial charge in [0.2, 0.25) is 11.8 Å². The van der Waals surface area contributed by atoms with Crippen LogP contribution in [0.5, 0.6) is 0 Å². The zero-order chi connectivity index (χ0) is 18.5. The quantitative estimate of drug-likeness (QED) is 0.859. The number of nitrogens with zero attached hydrogens (tertiary/aromatic N) is 3. The van der Waals surface area contributed by atoms with Crippen molar-refractivity contribution in [3.63, 3.8) is 0 Å². The molecule has 1 heterocycles. The molecule has 1 aromatic carbocycles. The highest BCUT2D eigenvalue weighted by Gasteiger charge is 2.25. The monoisotopic (exact) mass is 356 g/mol. The summed E-state index contributed by atoms with van der Waals surface area (Å²) in [5.41, 5.74) is 2.10. The number of hydrogen-bond donors (Lipinski definition) is 1. The van der Waals surface area contributed by atoms with E-state index in [1.54, 1.807) is 0 Å². The van der Waals surface area contributed by atoms with Crippen molar-refractivity contribution in [3.05, 3.63) is 47.1 Å². The molecule has 1 aromatic heterocycles. The van der Waals surface area contributed by atoms with Crippen LogP contribution in [0.25, 0.3) is 0 Å². The number of hydrogen-bond acceptors (Lipinski definition) is 5. The molecule has 1 fully saturated rings. The maximum absolute atomic E-state index is 12.8. The molecule has 0 aliphatic heterocycles. The van der Waals surface area contributed by atoms with E-state index in [2.05, 4.69) is 15.5 Å². The maximum Gasteiger partial charge on any atom is 0.246 e. The van der Waals surface area contributed by atoms with Gasteiger partial charge in [0.05, 0.1) is 6.54 Å². The summed E-state index contributed by atoms with van der Waals surface area (Å²) in [6.07, 6.45) is 6.00. The summed E-state index contributed by atoms with van der Waals surface area (Å²) in [6, 6.07) is 7.60. The zero-order valence-corrected chi connectivity index (χ0v) is 15.9. The molecular formula is C20H28N4O2. The molecule has 3 rings (SSSR count). The number of aryl methyl sites for hydroxylation is 1. The van der Waals surface area contributed by atoms with Gasteiger partial charge in [-0.25, -0.2) is 0 Å². The van der Waals surface area contributed by atoms with Crippen molar-refractivity contribution in [2.75, 3.05) is 14.1 Å². The average Bonchev–Trinajstić information content (AvgIpc) is 3.11. The number of amides is 1. The van der Waals surface area contributed by atoms with E-state index in [0.29, 0.717) is 11.8 Å². The van der Waals surface area contributed by atoms with E-state index >= 15 is 0 Å². The van der Waals surface area contributed by atoms with E-state index in [-0.39, 0.29) is 18.5 Å². The van der Waals surface area contributed by atoms with Gasteiger partial charge in [-0.3, -0.25) is 9.69 Å². The predicted octanol–water partition coefficient (Wildman–Crippen LogP) is 3.34. The second-order valence-corrected chi connectivity index (χ2v) is 7.32. The van der Waals surface area contributed by atoms with Crippen LogP contribution in [0, 0.1) is 6.92 Å². The molecule has 0 unspecified atom stereocenters. The van der Waals surface area contributed by atoms with Crippen LogP contribution < -0.4 is 5.32 Å². The van der Waals surface area contributed by atoms with Crippen molar-refractivity contribution in [2.45, 2.75) is 57.5 Å². The average molecular weight is 356 g/mol. The minimum atomic E-state index is -0.350.